The van der Waals surface area contributed by atoms with Crippen LogP contribution in [0.4, 0.5) is 18.9 Å². The Morgan fingerprint density at radius 3 is 2.88 bits per heavy atom. The van der Waals surface area contributed by atoms with Crippen molar-refractivity contribution in [1.82, 2.24) is 0 Å². The quantitative estimate of drug-likeness (QED) is 0.779. The van der Waals surface area contributed by atoms with Crippen LogP contribution in [-0.4, -0.2) is 37.5 Å². The number of rotatable bonds is 5. The normalized spacial score (nSPS) is 20.9. The first-order valence-electron chi connectivity index (χ1n) is 6.70. The third kappa shape index (κ3) is 3.65. The van der Waals surface area contributed by atoms with Crippen LogP contribution in [0, 0.1) is 5.82 Å². The van der Waals surface area contributed by atoms with E-state index in [4.69, 9.17) is 10.5 Å². The summed E-state index contributed by atoms with van der Waals surface area (Å²) in [6, 6.07) is 3.19. The number of alkyl halides is 2. The molecule has 1 aromatic carbocycles. The fraction of sp³-hybridized carbons (Fsp3) is 0.357. The molecule has 1 amide bonds. The molecular formula is C14H14F3N3O4. The van der Waals surface area contributed by atoms with E-state index in [2.05, 4.69) is 9.73 Å². The molecule has 2 rings (SSSR count). The first-order valence-corrected chi connectivity index (χ1v) is 6.70. The van der Waals surface area contributed by atoms with E-state index in [-0.39, 0.29) is 30.3 Å². The molecule has 130 valence electrons. The van der Waals surface area contributed by atoms with Crippen LogP contribution in [0.5, 0.6) is 0 Å². The number of benzene rings is 1. The summed E-state index contributed by atoms with van der Waals surface area (Å²) in [7, 11) is 0. The lowest BCUT2D eigenvalue weighted by atomic mass is 9.92. The van der Waals surface area contributed by atoms with Crippen LogP contribution in [0.1, 0.15) is 12.5 Å². The number of amides is 1. The molecule has 1 aromatic rings. The zero-order valence-corrected chi connectivity index (χ0v) is 12.5. The molecule has 0 aliphatic carbocycles. The number of nitrogens with one attached hydrogen (secondary N) is 1. The third-order valence-corrected chi connectivity index (χ3v) is 3.29. The fourth-order valence-corrected chi connectivity index (χ4v) is 2.21. The van der Waals surface area contributed by atoms with Crippen molar-refractivity contribution in [2.45, 2.75) is 18.6 Å². The molecule has 0 spiro atoms. The van der Waals surface area contributed by atoms with Gasteiger partial charge in [-0.25, -0.2) is 4.39 Å². The van der Waals surface area contributed by atoms with Gasteiger partial charge in [0.2, 0.25) is 0 Å². The molecule has 1 aliphatic rings. The van der Waals surface area contributed by atoms with Gasteiger partial charge in [0, 0.05) is 11.3 Å². The Balaban J connectivity index is 2.31. The van der Waals surface area contributed by atoms with Crippen molar-refractivity contribution >= 4 is 23.9 Å². The maximum absolute atomic E-state index is 14.1. The van der Waals surface area contributed by atoms with E-state index < -0.39 is 29.8 Å². The third-order valence-electron chi connectivity index (χ3n) is 3.29. The maximum Gasteiger partial charge on any atom is 0.484 e. The molecule has 1 heterocycles. The number of carbonyl (C=O) groups is 2. The molecule has 0 saturated heterocycles. The van der Waals surface area contributed by atoms with Crippen molar-refractivity contribution in [3.05, 3.63) is 29.6 Å². The van der Waals surface area contributed by atoms with E-state index in [1.54, 1.807) is 6.92 Å². The summed E-state index contributed by atoms with van der Waals surface area (Å²) < 4.78 is 49.1. The van der Waals surface area contributed by atoms with Crippen LogP contribution in [0.15, 0.2) is 23.2 Å². The van der Waals surface area contributed by atoms with Crippen LogP contribution < -0.4 is 11.1 Å². The summed E-state index contributed by atoms with van der Waals surface area (Å²) >= 11 is 0. The Bertz CT molecular complexity index is 696. The van der Waals surface area contributed by atoms with Crippen LogP contribution in [0.3, 0.4) is 0 Å². The van der Waals surface area contributed by atoms with Gasteiger partial charge in [0.05, 0.1) is 6.61 Å². The number of hydrogen-bond donors (Lipinski definition) is 2. The molecule has 0 radical (unpaired) electrons. The predicted octanol–water partition coefficient (Wildman–Crippen LogP) is 1.13. The number of nitrogens with two attached hydrogens (primary N) is 1. The highest BCUT2D eigenvalue weighted by atomic mass is 19.3. The van der Waals surface area contributed by atoms with Crippen molar-refractivity contribution < 1.29 is 32.2 Å². The van der Waals surface area contributed by atoms with Crippen molar-refractivity contribution in [1.29, 1.82) is 0 Å². The van der Waals surface area contributed by atoms with E-state index in [1.165, 1.54) is 0 Å². The molecule has 7 nitrogen and oxygen atoms in total. The lowest BCUT2D eigenvalue weighted by Crippen LogP contribution is -2.38. The minimum atomic E-state index is -4.35. The summed E-state index contributed by atoms with van der Waals surface area (Å²) in [6.45, 7) is 1.12. The largest absolute Gasteiger partial charge is 0.484 e. The van der Waals surface area contributed by atoms with Crippen molar-refractivity contribution in [2.75, 3.05) is 18.5 Å². The zero-order valence-electron chi connectivity index (χ0n) is 12.5. The molecule has 0 aromatic heterocycles. The molecule has 1 atom stereocenters. The SMILES string of the molecule is C[C@@]1(c2cc(NC(=O)C(F)(F)OC=O)ccc2F)COCC(N)=N1. The number of hydrogen-bond acceptors (Lipinski definition) is 6. The summed E-state index contributed by atoms with van der Waals surface area (Å²) in [5.41, 5.74) is 4.29. The van der Waals surface area contributed by atoms with E-state index in [1.807, 2.05) is 5.32 Å². The molecule has 10 heteroatoms. The topological polar surface area (TPSA) is 103 Å². The predicted molar refractivity (Wildman–Crippen MR) is 76.9 cm³/mol. The van der Waals surface area contributed by atoms with Gasteiger partial charge in [-0.2, -0.15) is 8.78 Å². The van der Waals surface area contributed by atoms with Gasteiger partial charge in [-0.05, 0) is 25.1 Å². The summed E-state index contributed by atoms with van der Waals surface area (Å²) in [4.78, 5) is 25.5. The van der Waals surface area contributed by atoms with Gasteiger partial charge in [-0.1, -0.05) is 0 Å². The highest BCUT2D eigenvalue weighted by Gasteiger charge is 2.42. The zero-order chi connectivity index (χ0) is 18.0. The number of aliphatic imine (C=N–C) groups is 1. The van der Waals surface area contributed by atoms with Gasteiger partial charge in [0.1, 0.15) is 23.8 Å². The average molecular weight is 345 g/mol. The molecule has 3 N–H and O–H groups in total. The fourth-order valence-electron chi connectivity index (χ4n) is 2.21. The first-order chi connectivity index (χ1) is 11.2. The monoisotopic (exact) mass is 345 g/mol. The van der Waals surface area contributed by atoms with Crippen LogP contribution >= 0.6 is 0 Å². The Hall–Kier alpha value is -2.62. The number of halogens is 3. The van der Waals surface area contributed by atoms with Crippen molar-refractivity contribution in [2.24, 2.45) is 10.7 Å². The number of carbonyl (C=O) groups excluding carboxylic acids is 2. The summed E-state index contributed by atoms with van der Waals surface area (Å²) in [6.07, 6.45) is -4.35. The van der Waals surface area contributed by atoms with Gasteiger partial charge < -0.3 is 20.5 Å². The molecule has 24 heavy (non-hydrogen) atoms. The number of amidine groups is 1. The van der Waals surface area contributed by atoms with Gasteiger partial charge in [0.15, 0.2) is 0 Å². The molecule has 1 aliphatic heterocycles. The highest BCUT2D eigenvalue weighted by Crippen LogP contribution is 2.32. The minimum absolute atomic E-state index is 0.00238. The van der Waals surface area contributed by atoms with Gasteiger partial charge >= 0.3 is 12.0 Å². The Morgan fingerprint density at radius 1 is 1.54 bits per heavy atom. The van der Waals surface area contributed by atoms with E-state index in [9.17, 15) is 22.8 Å². The van der Waals surface area contributed by atoms with E-state index in [0.29, 0.717) is 0 Å². The lowest BCUT2D eigenvalue weighted by molar-refractivity contribution is -0.215. The smallest absolute Gasteiger partial charge is 0.396 e. The van der Waals surface area contributed by atoms with E-state index in [0.717, 1.165) is 18.2 Å². The number of nitrogens with zero attached hydrogens (tertiary/aromatic N) is 1. The standard InChI is InChI=1S/C14H14F3N3O4/c1-13(6-23-5-11(18)20-13)9-4-8(2-3-10(9)15)19-12(22)14(16,17)24-7-21/h2-4,7H,5-6H2,1H3,(H2,18,20)(H,19,22)/t13-/m0/s1. The first kappa shape index (κ1) is 17.7. The maximum atomic E-state index is 14.1. The average Bonchev–Trinajstić information content (AvgIpc) is 2.48. The summed E-state index contributed by atoms with van der Waals surface area (Å²) in [5, 5.41) is 1.84. The Labute approximate surface area is 134 Å². The van der Waals surface area contributed by atoms with Gasteiger partial charge in [-0.15, -0.1) is 0 Å². The van der Waals surface area contributed by atoms with Gasteiger partial charge in [-0.3, -0.25) is 14.6 Å². The van der Waals surface area contributed by atoms with Crippen LogP contribution in [0.25, 0.3) is 0 Å². The molecular weight excluding hydrogens is 331 g/mol. The summed E-state index contributed by atoms with van der Waals surface area (Å²) in [5.74, 6) is -2.39. The van der Waals surface area contributed by atoms with Crippen LogP contribution in [0.2, 0.25) is 0 Å². The molecule has 0 fully saturated rings. The second-order valence-electron chi connectivity index (χ2n) is 5.25. The molecule has 0 bridgehead atoms. The number of anilines is 1. The van der Waals surface area contributed by atoms with E-state index >= 15 is 0 Å². The Kier molecular flexibility index (Phi) is 4.78. The second kappa shape index (κ2) is 6.48. The Morgan fingerprint density at radius 2 is 2.25 bits per heavy atom. The lowest BCUT2D eigenvalue weighted by Gasteiger charge is -2.30. The second-order valence-corrected chi connectivity index (χ2v) is 5.25. The number of ether oxygens (including phenoxy) is 2. The van der Waals surface area contributed by atoms with Crippen molar-refractivity contribution in [3.63, 3.8) is 0 Å². The molecule has 0 unspecified atom stereocenters. The van der Waals surface area contributed by atoms with Gasteiger partial charge in [0.25, 0.3) is 6.47 Å². The molecule has 0 saturated carbocycles. The highest BCUT2D eigenvalue weighted by molar-refractivity contribution is 5.95. The van der Waals surface area contributed by atoms with Crippen molar-refractivity contribution in [3.8, 4) is 0 Å². The minimum Gasteiger partial charge on any atom is -0.396 e. The van der Waals surface area contributed by atoms with Crippen LogP contribution in [-0.2, 0) is 24.6 Å².